The summed E-state index contributed by atoms with van der Waals surface area (Å²) in [5.41, 5.74) is 1.04. The molecule has 0 fully saturated rings. The molecule has 0 heterocycles. The second-order valence-electron chi connectivity index (χ2n) is 3.79. The van der Waals surface area contributed by atoms with Gasteiger partial charge >= 0.3 is 0 Å². The summed E-state index contributed by atoms with van der Waals surface area (Å²) >= 11 is 0. The maximum absolute atomic E-state index is 11.7. The van der Waals surface area contributed by atoms with Crippen molar-refractivity contribution in [3.05, 3.63) is 48.5 Å². The highest BCUT2D eigenvalue weighted by atomic mass is 32.2. The van der Waals surface area contributed by atoms with Gasteiger partial charge in [-0.15, -0.1) is 0 Å². The standard InChI is InChI=1S/C13H12O3S/c1-17(15,16)13-9-5-3-7-11(13)10-6-2-4-8-12(10)14/h2-9,14H,1H3. The van der Waals surface area contributed by atoms with E-state index in [1.807, 2.05) is 0 Å². The number of aromatic hydroxyl groups is 1. The lowest BCUT2D eigenvalue weighted by Crippen LogP contribution is -1.99. The van der Waals surface area contributed by atoms with Crippen molar-refractivity contribution in [3.63, 3.8) is 0 Å². The van der Waals surface area contributed by atoms with Crippen molar-refractivity contribution in [2.24, 2.45) is 0 Å². The SMILES string of the molecule is CS(=O)(=O)c1ccccc1-c1ccccc1O. The average Bonchev–Trinajstić information content (AvgIpc) is 2.28. The fourth-order valence-corrected chi connectivity index (χ4v) is 2.62. The lowest BCUT2D eigenvalue weighted by Gasteiger charge is -2.09. The highest BCUT2D eigenvalue weighted by Crippen LogP contribution is 2.33. The molecule has 2 aromatic carbocycles. The summed E-state index contributed by atoms with van der Waals surface area (Å²) in [5.74, 6) is 0.0728. The van der Waals surface area contributed by atoms with E-state index in [1.54, 1.807) is 36.4 Å². The van der Waals surface area contributed by atoms with Gasteiger partial charge in [0.05, 0.1) is 4.90 Å². The molecule has 2 rings (SSSR count). The molecule has 3 nitrogen and oxygen atoms in total. The Labute approximate surface area is 100 Å². The molecule has 0 spiro atoms. The minimum absolute atomic E-state index is 0.0728. The van der Waals surface area contributed by atoms with Crippen LogP contribution in [0.2, 0.25) is 0 Å². The van der Waals surface area contributed by atoms with E-state index in [2.05, 4.69) is 0 Å². The number of hydrogen-bond acceptors (Lipinski definition) is 3. The second kappa shape index (κ2) is 4.22. The summed E-state index contributed by atoms with van der Waals surface area (Å²) in [7, 11) is -3.31. The third-order valence-electron chi connectivity index (χ3n) is 2.48. The molecule has 88 valence electrons. The Morgan fingerprint density at radius 1 is 0.882 bits per heavy atom. The highest BCUT2D eigenvalue weighted by molar-refractivity contribution is 7.90. The van der Waals surface area contributed by atoms with Gasteiger partial charge in [0, 0.05) is 17.4 Å². The number of phenols is 1. The molecule has 0 saturated carbocycles. The number of hydrogen-bond donors (Lipinski definition) is 1. The maximum atomic E-state index is 11.7. The first-order valence-corrected chi connectivity index (χ1v) is 6.97. The zero-order valence-corrected chi connectivity index (χ0v) is 10.1. The number of para-hydroxylation sites is 1. The third-order valence-corrected chi connectivity index (χ3v) is 3.64. The minimum atomic E-state index is -3.31. The maximum Gasteiger partial charge on any atom is 0.176 e. The van der Waals surface area contributed by atoms with Gasteiger partial charge in [-0.05, 0) is 12.1 Å². The molecule has 0 atom stereocenters. The summed E-state index contributed by atoms with van der Waals surface area (Å²) in [6.07, 6.45) is 1.16. The molecule has 0 aliphatic heterocycles. The fourth-order valence-electron chi connectivity index (χ4n) is 1.71. The van der Waals surface area contributed by atoms with Crippen LogP contribution in [-0.2, 0) is 9.84 Å². The van der Waals surface area contributed by atoms with E-state index in [-0.39, 0.29) is 10.6 Å². The Morgan fingerprint density at radius 3 is 2.00 bits per heavy atom. The fraction of sp³-hybridized carbons (Fsp3) is 0.0769. The molecule has 0 unspecified atom stereocenters. The predicted molar refractivity (Wildman–Crippen MR) is 66.7 cm³/mol. The molecule has 17 heavy (non-hydrogen) atoms. The molecule has 0 amide bonds. The number of phenolic OH excluding ortho intramolecular Hbond substituents is 1. The van der Waals surface area contributed by atoms with Crippen molar-refractivity contribution in [2.75, 3.05) is 6.26 Å². The van der Waals surface area contributed by atoms with Crippen LogP contribution in [0.1, 0.15) is 0 Å². The summed E-state index contributed by atoms with van der Waals surface area (Å²) in [6.45, 7) is 0. The third kappa shape index (κ3) is 2.31. The van der Waals surface area contributed by atoms with E-state index in [1.165, 1.54) is 12.1 Å². The summed E-state index contributed by atoms with van der Waals surface area (Å²) in [4.78, 5) is 0.224. The first-order valence-electron chi connectivity index (χ1n) is 5.07. The largest absolute Gasteiger partial charge is 0.507 e. The first-order chi connectivity index (χ1) is 8.00. The van der Waals surface area contributed by atoms with E-state index in [0.29, 0.717) is 11.1 Å². The number of sulfone groups is 1. The van der Waals surface area contributed by atoms with Crippen molar-refractivity contribution in [3.8, 4) is 16.9 Å². The summed E-state index contributed by atoms with van der Waals surface area (Å²) in [5, 5.41) is 9.76. The van der Waals surface area contributed by atoms with E-state index >= 15 is 0 Å². The number of benzene rings is 2. The van der Waals surface area contributed by atoms with Crippen molar-refractivity contribution >= 4 is 9.84 Å². The van der Waals surface area contributed by atoms with Crippen LogP contribution in [0.5, 0.6) is 5.75 Å². The molecule has 0 aromatic heterocycles. The predicted octanol–water partition coefficient (Wildman–Crippen LogP) is 2.46. The van der Waals surface area contributed by atoms with Crippen molar-refractivity contribution in [1.82, 2.24) is 0 Å². The number of rotatable bonds is 2. The van der Waals surface area contributed by atoms with Gasteiger partial charge in [-0.2, -0.15) is 0 Å². The quantitative estimate of drug-likeness (QED) is 0.888. The second-order valence-corrected chi connectivity index (χ2v) is 5.77. The van der Waals surface area contributed by atoms with Gasteiger partial charge in [0.1, 0.15) is 5.75 Å². The van der Waals surface area contributed by atoms with Gasteiger partial charge in [0.15, 0.2) is 9.84 Å². The van der Waals surface area contributed by atoms with Gasteiger partial charge in [-0.3, -0.25) is 0 Å². The lowest BCUT2D eigenvalue weighted by molar-refractivity contribution is 0.477. The van der Waals surface area contributed by atoms with Crippen LogP contribution in [0.4, 0.5) is 0 Å². The molecule has 0 aliphatic rings. The van der Waals surface area contributed by atoms with Crippen LogP contribution in [0, 0.1) is 0 Å². The van der Waals surface area contributed by atoms with Gasteiger partial charge < -0.3 is 5.11 Å². The Morgan fingerprint density at radius 2 is 1.41 bits per heavy atom. The van der Waals surface area contributed by atoms with E-state index in [4.69, 9.17) is 0 Å². The topological polar surface area (TPSA) is 54.4 Å². The van der Waals surface area contributed by atoms with Crippen molar-refractivity contribution in [1.29, 1.82) is 0 Å². The van der Waals surface area contributed by atoms with Gasteiger partial charge in [0.25, 0.3) is 0 Å². The first kappa shape index (κ1) is 11.7. The molecular weight excluding hydrogens is 236 g/mol. The van der Waals surface area contributed by atoms with Gasteiger partial charge in [-0.1, -0.05) is 36.4 Å². The van der Waals surface area contributed by atoms with Gasteiger partial charge in [0.2, 0.25) is 0 Å². The van der Waals surface area contributed by atoms with Crippen LogP contribution >= 0.6 is 0 Å². The lowest BCUT2D eigenvalue weighted by atomic mass is 10.0. The minimum Gasteiger partial charge on any atom is -0.507 e. The Kier molecular flexibility index (Phi) is 2.90. The average molecular weight is 248 g/mol. The zero-order valence-electron chi connectivity index (χ0n) is 9.29. The molecule has 1 N–H and O–H groups in total. The van der Waals surface area contributed by atoms with Crippen LogP contribution in [-0.4, -0.2) is 19.8 Å². The molecule has 2 aromatic rings. The van der Waals surface area contributed by atoms with Crippen LogP contribution in [0.3, 0.4) is 0 Å². The van der Waals surface area contributed by atoms with E-state index in [9.17, 15) is 13.5 Å². The monoisotopic (exact) mass is 248 g/mol. The molecular formula is C13H12O3S. The summed E-state index contributed by atoms with van der Waals surface area (Å²) in [6, 6.07) is 13.3. The van der Waals surface area contributed by atoms with Crippen LogP contribution in [0.15, 0.2) is 53.4 Å². The molecule has 0 radical (unpaired) electrons. The summed E-state index contributed by atoms with van der Waals surface area (Å²) < 4.78 is 23.3. The highest BCUT2D eigenvalue weighted by Gasteiger charge is 2.15. The Hall–Kier alpha value is -1.81. The Balaban J connectivity index is 2.74. The molecule has 4 heteroatoms. The molecule has 0 aliphatic carbocycles. The molecule has 0 saturated heterocycles. The van der Waals surface area contributed by atoms with Crippen LogP contribution in [0.25, 0.3) is 11.1 Å². The smallest absolute Gasteiger partial charge is 0.176 e. The van der Waals surface area contributed by atoms with E-state index < -0.39 is 9.84 Å². The van der Waals surface area contributed by atoms with Gasteiger partial charge in [-0.25, -0.2) is 8.42 Å². The molecule has 0 bridgehead atoms. The Bertz CT molecular complexity index is 645. The van der Waals surface area contributed by atoms with Crippen LogP contribution < -0.4 is 0 Å². The zero-order chi connectivity index (χ0) is 12.5. The van der Waals surface area contributed by atoms with E-state index in [0.717, 1.165) is 6.26 Å². The normalized spacial score (nSPS) is 11.4. The van der Waals surface area contributed by atoms with Crippen molar-refractivity contribution < 1.29 is 13.5 Å². The van der Waals surface area contributed by atoms with Crippen molar-refractivity contribution in [2.45, 2.75) is 4.90 Å².